The fourth-order valence-corrected chi connectivity index (χ4v) is 1.61. The third kappa shape index (κ3) is 1.86. The Morgan fingerprint density at radius 3 is 2.86 bits per heavy atom. The van der Waals surface area contributed by atoms with Gasteiger partial charge < -0.3 is 0 Å². The largest absolute Gasteiger partial charge is 0.293 e. The zero-order valence-corrected chi connectivity index (χ0v) is 8.79. The molecule has 0 atom stereocenters. The maximum Gasteiger partial charge on any atom is 0.177 e. The minimum atomic E-state index is 0.123. The molecule has 1 fully saturated rings. The zero-order valence-electron chi connectivity index (χ0n) is 8.79. The van der Waals surface area contributed by atoms with Gasteiger partial charge in [0, 0.05) is 13.5 Å². The van der Waals surface area contributed by atoms with Gasteiger partial charge in [0.25, 0.3) is 0 Å². The summed E-state index contributed by atoms with van der Waals surface area (Å²) in [5.41, 5.74) is 1.80. The molecule has 3 heteroatoms. The molecular weight excluding hydrogens is 176 g/mol. The highest BCUT2D eigenvalue weighted by Gasteiger charge is 2.24. The van der Waals surface area contributed by atoms with Crippen molar-refractivity contribution in [1.29, 1.82) is 0 Å². The van der Waals surface area contributed by atoms with E-state index in [0.29, 0.717) is 0 Å². The molecule has 0 saturated heterocycles. The lowest BCUT2D eigenvalue weighted by Crippen LogP contribution is -2.09. The first-order valence-electron chi connectivity index (χ1n) is 5.28. The standard InChI is InChI=1S/C11H16N2O/c1-3-10-6-11(8(2)14)13(12-10)7-9-4-5-9/h6,9H,3-5,7H2,1-2H3. The van der Waals surface area contributed by atoms with E-state index in [1.807, 2.05) is 10.7 Å². The van der Waals surface area contributed by atoms with Gasteiger partial charge in [-0.15, -0.1) is 0 Å². The summed E-state index contributed by atoms with van der Waals surface area (Å²) in [5, 5.41) is 4.43. The molecule has 0 aliphatic heterocycles. The zero-order chi connectivity index (χ0) is 10.1. The molecule has 1 saturated carbocycles. The minimum absolute atomic E-state index is 0.123. The molecule has 0 amide bonds. The van der Waals surface area contributed by atoms with Gasteiger partial charge in [0.05, 0.1) is 5.69 Å². The molecule has 1 aromatic rings. The van der Waals surface area contributed by atoms with E-state index in [2.05, 4.69) is 12.0 Å². The monoisotopic (exact) mass is 192 g/mol. The van der Waals surface area contributed by atoms with Crippen molar-refractivity contribution in [2.75, 3.05) is 0 Å². The molecule has 76 valence electrons. The number of aromatic nitrogens is 2. The minimum Gasteiger partial charge on any atom is -0.293 e. The Labute approximate surface area is 84.1 Å². The maximum absolute atomic E-state index is 11.3. The normalized spacial score (nSPS) is 15.9. The second-order valence-corrected chi connectivity index (χ2v) is 4.06. The van der Waals surface area contributed by atoms with Crippen LogP contribution in [0, 0.1) is 5.92 Å². The summed E-state index contributed by atoms with van der Waals surface area (Å²) in [7, 11) is 0. The van der Waals surface area contributed by atoms with Crippen LogP contribution in [0.4, 0.5) is 0 Å². The Hall–Kier alpha value is -1.12. The van der Waals surface area contributed by atoms with Crippen LogP contribution in [0.5, 0.6) is 0 Å². The molecule has 3 nitrogen and oxygen atoms in total. The lowest BCUT2D eigenvalue weighted by Gasteiger charge is -2.02. The SMILES string of the molecule is CCc1cc(C(C)=O)n(CC2CC2)n1. The Morgan fingerprint density at radius 2 is 2.36 bits per heavy atom. The van der Waals surface area contributed by atoms with Crippen molar-refractivity contribution >= 4 is 5.78 Å². The van der Waals surface area contributed by atoms with Crippen molar-refractivity contribution in [3.8, 4) is 0 Å². The van der Waals surface area contributed by atoms with Gasteiger partial charge in [0.2, 0.25) is 0 Å². The third-order valence-corrected chi connectivity index (χ3v) is 2.68. The van der Waals surface area contributed by atoms with Crippen LogP contribution in [0.15, 0.2) is 6.07 Å². The summed E-state index contributed by atoms with van der Waals surface area (Å²) in [4.78, 5) is 11.3. The van der Waals surface area contributed by atoms with Gasteiger partial charge in [-0.25, -0.2) is 0 Å². The molecule has 0 N–H and O–H groups in total. The number of carbonyl (C=O) groups excluding carboxylic acids is 1. The van der Waals surface area contributed by atoms with E-state index in [-0.39, 0.29) is 5.78 Å². The highest BCUT2D eigenvalue weighted by molar-refractivity contribution is 5.92. The number of carbonyl (C=O) groups is 1. The Morgan fingerprint density at radius 1 is 1.64 bits per heavy atom. The van der Waals surface area contributed by atoms with Crippen LogP contribution in [0.2, 0.25) is 0 Å². The van der Waals surface area contributed by atoms with Crippen molar-refractivity contribution in [3.63, 3.8) is 0 Å². The smallest absolute Gasteiger partial charge is 0.177 e. The highest BCUT2D eigenvalue weighted by atomic mass is 16.1. The third-order valence-electron chi connectivity index (χ3n) is 2.68. The lowest BCUT2D eigenvalue weighted by molar-refractivity contribution is 0.100. The molecule has 0 radical (unpaired) electrons. The number of hydrogen-bond donors (Lipinski definition) is 0. The van der Waals surface area contributed by atoms with Crippen LogP contribution in [0.25, 0.3) is 0 Å². The molecule has 0 unspecified atom stereocenters. The second kappa shape index (κ2) is 3.56. The predicted molar refractivity (Wildman–Crippen MR) is 54.3 cm³/mol. The van der Waals surface area contributed by atoms with Crippen molar-refractivity contribution in [1.82, 2.24) is 9.78 Å². The summed E-state index contributed by atoms with van der Waals surface area (Å²) in [6, 6.07) is 1.92. The summed E-state index contributed by atoms with van der Waals surface area (Å²) in [6.45, 7) is 4.60. The van der Waals surface area contributed by atoms with Crippen LogP contribution < -0.4 is 0 Å². The molecule has 1 aromatic heterocycles. The number of hydrogen-bond acceptors (Lipinski definition) is 2. The molecule has 0 aromatic carbocycles. The first kappa shape index (κ1) is 9.44. The fraction of sp³-hybridized carbons (Fsp3) is 0.636. The fourth-order valence-electron chi connectivity index (χ4n) is 1.61. The molecule has 1 heterocycles. The van der Waals surface area contributed by atoms with Crippen LogP contribution in [-0.4, -0.2) is 15.6 Å². The summed E-state index contributed by atoms with van der Waals surface area (Å²) >= 11 is 0. The maximum atomic E-state index is 11.3. The first-order chi connectivity index (χ1) is 6.70. The molecular formula is C11H16N2O. The first-order valence-corrected chi connectivity index (χ1v) is 5.28. The van der Waals surface area contributed by atoms with Crippen molar-refractivity contribution in [2.24, 2.45) is 5.92 Å². The van der Waals surface area contributed by atoms with Crippen molar-refractivity contribution in [2.45, 2.75) is 39.7 Å². The average molecular weight is 192 g/mol. The second-order valence-electron chi connectivity index (χ2n) is 4.06. The predicted octanol–water partition coefficient (Wildman–Crippen LogP) is 2.06. The topological polar surface area (TPSA) is 34.9 Å². The number of ketones is 1. The van der Waals surface area contributed by atoms with E-state index in [4.69, 9.17) is 0 Å². The van der Waals surface area contributed by atoms with Gasteiger partial charge in [-0.1, -0.05) is 6.92 Å². The number of aryl methyl sites for hydroxylation is 1. The van der Waals surface area contributed by atoms with Crippen LogP contribution >= 0.6 is 0 Å². The van der Waals surface area contributed by atoms with E-state index in [1.165, 1.54) is 12.8 Å². The molecule has 0 bridgehead atoms. The summed E-state index contributed by atoms with van der Waals surface area (Å²) < 4.78 is 1.89. The van der Waals surface area contributed by atoms with E-state index in [0.717, 1.165) is 30.3 Å². The highest BCUT2D eigenvalue weighted by Crippen LogP contribution is 2.30. The van der Waals surface area contributed by atoms with Gasteiger partial charge in [0.1, 0.15) is 5.69 Å². The Kier molecular flexibility index (Phi) is 2.40. The number of rotatable bonds is 4. The number of nitrogens with zero attached hydrogens (tertiary/aromatic N) is 2. The van der Waals surface area contributed by atoms with Crippen LogP contribution in [0.1, 0.15) is 42.9 Å². The summed E-state index contributed by atoms with van der Waals surface area (Å²) in [5.74, 6) is 0.885. The van der Waals surface area contributed by atoms with Crippen LogP contribution in [-0.2, 0) is 13.0 Å². The molecule has 1 aliphatic rings. The molecule has 1 aliphatic carbocycles. The average Bonchev–Trinajstić information content (AvgIpc) is 2.83. The lowest BCUT2D eigenvalue weighted by atomic mass is 10.2. The van der Waals surface area contributed by atoms with Crippen LogP contribution in [0.3, 0.4) is 0 Å². The molecule has 0 spiro atoms. The molecule has 2 rings (SSSR count). The van der Waals surface area contributed by atoms with Crippen molar-refractivity contribution < 1.29 is 4.79 Å². The van der Waals surface area contributed by atoms with E-state index in [9.17, 15) is 4.79 Å². The van der Waals surface area contributed by atoms with Gasteiger partial charge in [-0.05, 0) is 31.2 Å². The quantitative estimate of drug-likeness (QED) is 0.684. The summed E-state index contributed by atoms with van der Waals surface area (Å²) in [6.07, 6.45) is 3.48. The number of Topliss-reactive ketones (excluding diaryl/α,β-unsaturated/α-hetero) is 1. The van der Waals surface area contributed by atoms with Gasteiger partial charge in [-0.2, -0.15) is 5.10 Å². The van der Waals surface area contributed by atoms with Gasteiger partial charge in [0.15, 0.2) is 5.78 Å². The van der Waals surface area contributed by atoms with Gasteiger partial charge >= 0.3 is 0 Å². The van der Waals surface area contributed by atoms with E-state index >= 15 is 0 Å². The Bertz CT molecular complexity index is 350. The molecule has 14 heavy (non-hydrogen) atoms. The Balaban J connectivity index is 2.24. The van der Waals surface area contributed by atoms with Crippen molar-refractivity contribution in [3.05, 3.63) is 17.5 Å². The van der Waals surface area contributed by atoms with E-state index < -0.39 is 0 Å². The van der Waals surface area contributed by atoms with E-state index in [1.54, 1.807) is 6.92 Å². The van der Waals surface area contributed by atoms with Gasteiger partial charge in [-0.3, -0.25) is 9.48 Å².